The van der Waals surface area contributed by atoms with E-state index in [9.17, 15) is 9.59 Å². The van der Waals surface area contributed by atoms with Gasteiger partial charge in [-0.25, -0.2) is 0 Å². The number of hydrogen-bond acceptors (Lipinski definition) is 2. The molecule has 0 radical (unpaired) electrons. The van der Waals surface area contributed by atoms with Gasteiger partial charge in [-0.15, -0.1) is 0 Å². The third kappa shape index (κ3) is 9.43. The molecule has 1 aliphatic rings. The molecular formula is C33H50ClNO2. The Kier molecular flexibility index (Phi) is 13.1. The maximum atomic E-state index is 13.8. The molecule has 206 valence electrons. The minimum atomic E-state index is -0.281. The Morgan fingerprint density at radius 3 is 2.27 bits per heavy atom. The van der Waals surface area contributed by atoms with Crippen LogP contribution in [0.15, 0.2) is 48.6 Å². The van der Waals surface area contributed by atoms with E-state index in [0.717, 1.165) is 70.0 Å². The molecule has 0 bridgehead atoms. The van der Waals surface area contributed by atoms with Crippen molar-refractivity contribution in [2.24, 2.45) is 23.7 Å². The van der Waals surface area contributed by atoms with Gasteiger partial charge in [-0.05, 0) is 74.0 Å². The number of benzene rings is 1. The molecule has 1 unspecified atom stereocenters. The third-order valence-electron chi connectivity index (χ3n) is 8.10. The van der Waals surface area contributed by atoms with Gasteiger partial charge in [0.1, 0.15) is 5.78 Å². The molecular weight excluding hydrogens is 478 g/mol. The number of carbonyl (C=O) groups excluding carboxylic acids is 2. The molecule has 0 N–H and O–H groups in total. The van der Waals surface area contributed by atoms with Crippen molar-refractivity contribution in [3.05, 3.63) is 59.2 Å². The highest BCUT2D eigenvalue weighted by Crippen LogP contribution is 2.44. The molecule has 0 aromatic heterocycles. The normalized spacial score (nSPS) is 20.1. The summed E-state index contributed by atoms with van der Waals surface area (Å²) >= 11 is 6.11. The second-order valence-corrected chi connectivity index (χ2v) is 12.0. The molecule has 4 heteroatoms. The Balaban J connectivity index is 2.12. The highest BCUT2D eigenvalue weighted by atomic mass is 35.5. The number of nitrogens with zero attached hydrogens (tertiary/aromatic N) is 1. The summed E-state index contributed by atoms with van der Waals surface area (Å²) in [6.07, 6.45) is 7.74. The number of allylic oxidation sites excluding steroid dienone is 1. The van der Waals surface area contributed by atoms with E-state index in [4.69, 9.17) is 11.6 Å². The summed E-state index contributed by atoms with van der Waals surface area (Å²) in [5.41, 5.74) is 3.22. The molecule has 1 saturated carbocycles. The number of carbonyl (C=O) groups is 2. The van der Waals surface area contributed by atoms with Crippen LogP contribution in [0.4, 0.5) is 0 Å². The summed E-state index contributed by atoms with van der Waals surface area (Å²) in [6.45, 7) is 20.8. The summed E-state index contributed by atoms with van der Waals surface area (Å²) < 4.78 is 0. The number of amides is 1. The Labute approximate surface area is 231 Å². The maximum Gasteiger partial charge on any atom is 0.229 e. The first-order chi connectivity index (χ1) is 17.6. The van der Waals surface area contributed by atoms with Gasteiger partial charge in [-0.3, -0.25) is 9.59 Å². The van der Waals surface area contributed by atoms with Crippen LogP contribution in [0.1, 0.15) is 104 Å². The van der Waals surface area contributed by atoms with Gasteiger partial charge in [-0.2, -0.15) is 0 Å². The predicted molar refractivity (Wildman–Crippen MR) is 158 cm³/mol. The minimum absolute atomic E-state index is 0.0244. The summed E-state index contributed by atoms with van der Waals surface area (Å²) in [5.74, 6) is 1.26. The van der Waals surface area contributed by atoms with Crippen LogP contribution < -0.4 is 0 Å². The van der Waals surface area contributed by atoms with Gasteiger partial charge in [0, 0.05) is 30.5 Å². The second kappa shape index (κ2) is 15.5. The van der Waals surface area contributed by atoms with Crippen LogP contribution in [0.5, 0.6) is 0 Å². The van der Waals surface area contributed by atoms with Gasteiger partial charge in [0.05, 0.1) is 5.92 Å². The van der Waals surface area contributed by atoms with Gasteiger partial charge in [-0.1, -0.05) is 95.5 Å². The fraction of sp³-hybridized carbons (Fsp3) is 0.636. The first-order valence-electron chi connectivity index (χ1n) is 14.5. The van der Waals surface area contributed by atoms with Gasteiger partial charge in [0.2, 0.25) is 5.91 Å². The van der Waals surface area contributed by atoms with Crippen LogP contribution in [0, 0.1) is 23.7 Å². The highest BCUT2D eigenvalue weighted by molar-refractivity contribution is 6.30. The molecule has 0 heterocycles. The lowest BCUT2D eigenvalue weighted by molar-refractivity contribution is -0.134. The van der Waals surface area contributed by atoms with Crippen LogP contribution >= 0.6 is 11.6 Å². The van der Waals surface area contributed by atoms with Gasteiger partial charge in [0.15, 0.2) is 0 Å². The molecule has 0 spiro atoms. The summed E-state index contributed by atoms with van der Waals surface area (Å²) in [4.78, 5) is 29.4. The predicted octanol–water partition coefficient (Wildman–Crippen LogP) is 9.02. The van der Waals surface area contributed by atoms with Crippen molar-refractivity contribution in [1.29, 1.82) is 0 Å². The Morgan fingerprint density at radius 2 is 1.68 bits per heavy atom. The van der Waals surface area contributed by atoms with E-state index in [2.05, 4.69) is 59.9 Å². The van der Waals surface area contributed by atoms with Crippen molar-refractivity contribution in [2.45, 2.75) is 98.3 Å². The number of hydrogen-bond donors (Lipinski definition) is 0. The first kappa shape index (κ1) is 31.3. The first-order valence-corrected chi connectivity index (χ1v) is 14.9. The molecule has 1 amide bonds. The number of ketones is 1. The fourth-order valence-electron chi connectivity index (χ4n) is 5.72. The zero-order chi connectivity index (χ0) is 27.5. The lowest BCUT2D eigenvalue weighted by Crippen LogP contribution is -2.38. The quantitative estimate of drug-likeness (QED) is 0.201. The SMILES string of the molecule is C=C(CCCN(CCC)C(=O)[C@H](CCCC)C(=C)CC(=O)[C@@H]1CC(C)C[C@H]1c1ccc(Cl)cc1)C(C)C. The van der Waals surface area contributed by atoms with Crippen molar-refractivity contribution in [2.75, 3.05) is 13.1 Å². The van der Waals surface area contributed by atoms with Crippen molar-refractivity contribution < 1.29 is 9.59 Å². The molecule has 1 aromatic rings. The van der Waals surface area contributed by atoms with E-state index in [1.54, 1.807) is 0 Å². The van der Waals surface area contributed by atoms with Crippen molar-refractivity contribution >= 4 is 23.3 Å². The average molecular weight is 528 g/mol. The maximum absolute atomic E-state index is 13.8. The van der Waals surface area contributed by atoms with Crippen LogP contribution in [-0.4, -0.2) is 29.7 Å². The van der Waals surface area contributed by atoms with Crippen LogP contribution in [-0.2, 0) is 9.59 Å². The standard InChI is InChI=1S/C33H50ClNO2/c1-8-10-13-29(33(37)35(18-9-2)19-11-12-25(6)23(3)4)26(7)22-32(36)31-21-24(5)20-30(31)27-14-16-28(34)17-15-27/h14-17,23-24,29-31H,6-13,18-22H2,1-5H3/t24?,29-,30+,31-/m1/s1. The van der Waals surface area contributed by atoms with Gasteiger partial charge >= 0.3 is 0 Å². The Hall–Kier alpha value is -1.87. The van der Waals surface area contributed by atoms with E-state index in [0.29, 0.717) is 23.3 Å². The third-order valence-corrected chi connectivity index (χ3v) is 8.35. The number of Topliss-reactive ketones (excluding diaryl/α,β-unsaturated/α-hetero) is 1. The molecule has 0 aliphatic heterocycles. The summed E-state index contributed by atoms with van der Waals surface area (Å²) in [6, 6.07) is 7.95. The number of rotatable bonds is 16. The molecule has 1 fully saturated rings. The molecule has 37 heavy (non-hydrogen) atoms. The Bertz CT molecular complexity index is 903. The van der Waals surface area contributed by atoms with Gasteiger partial charge in [0.25, 0.3) is 0 Å². The summed E-state index contributed by atoms with van der Waals surface area (Å²) in [7, 11) is 0. The smallest absolute Gasteiger partial charge is 0.229 e. The molecule has 1 aromatic carbocycles. The zero-order valence-electron chi connectivity index (χ0n) is 24.0. The summed E-state index contributed by atoms with van der Waals surface area (Å²) in [5, 5.41) is 0.716. The molecule has 4 atom stereocenters. The van der Waals surface area contributed by atoms with E-state index in [-0.39, 0.29) is 29.4 Å². The fourth-order valence-corrected chi connectivity index (χ4v) is 5.85. The Morgan fingerprint density at radius 1 is 1.00 bits per heavy atom. The number of halogens is 1. The topological polar surface area (TPSA) is 37.4 Å². The van der Waals surface area contributed by atoms with E-state index < -0.39 is 0 Å². The lowest BCUT2D eigenvalue weighted by atomic mass is 9.81. The number of unbranched alkanes of at least 4 members (excludes halogenated alkanes) is 1. The monoisotopic (exact) mass is 527 g/mol. The van der Waals surface area contributed by atoms with E-state index in [1.165, 1.54) is 11.1 Å². The molecule has 0 saturated heterocycles. The molecule has 2 rings (SSSR count). The van der Waals surface area contributed by atoms with Crippen molar-refractivity contribution in [1.82, 2.24) is 4.90 Å². The average Bonchev–Trinajstić information content (AvgIpc) is 3.25. The lowest BCUT2D eigenvalue weighted by Gasteiger charge is -2.29. The largest absolute Gasteiger partial charge is 0.342 e. The minimum Gasteiger partial charge on any atom is -0.342 e. The van der Waals surface area contributed by atoms with Crippen molar-refractivity contribution in [3.8, 4) is 0 Å². The van der Waals surface area contributed by atoms with Crippen LogP contribution in [0.3, 0.4) is 0 Å². The van der Waals surface area contributed by atoms with Crippen LogP contribution in [0.25, 0.3) is 0 Å². The van der Waals surface area contributed by atoms with E-state index >= 15 is 0 Å². The highest BCUT2D eigenvalue weighted by Gasteiger charge is 2.38. The van der Waals surface area contributed by atoms with Crippen LogP contribution in [0.2, 0.25) is 5.02 Å². The second-order valence-electron chi connectivity index (χ2n) is 11.6. The van der Waals surface area contributed by atoms with Gasteiger partial charge < -0.3 is 4.90 Å². The van der Waals surface area contributed by atoms with E-state index in [1.807, 2.05) is 17.0 Å². The molecule has 1 aliphatic carbocycles. The zero-order valence-corrected chi connectivity index (χ0v) is 24.8. The molecule has 3 nitrogen and oxygen atoms in total. The van der Waals surface area contributed by atoms with Crippen molar-refractivity contribution in [3.63, 3.8) is 0 Å².